The van der Waals surface area contributed by atoms with E-state index in [-0.39, 0.29) is 0 Å². The molecule has 1 heterocycles. The normalized spacial score (nSPS) is 12.8. The second-order valence-electron chi connectivity index (χ2n) is 4.07. The molecule has 0 aromatic heterocycles. The molecule has 1 aliphatic rings. The van der Waals surface area contributed by atoms with Gasteiger partial charge < -0.3 is 9.64 Å². The van der Waals surface area contributed by atoms with Gasteiger partial charge in [-0.2, -0.15) is 5.26 Å². The summed E-state index contributed by atoms with van der Waals surface area (Å²) in [5.74, 6) is 1.02. The highest BCUT2D eigenvalue weighted by atomic mass is 16.5. The minimum atomic E-state index is 0.623. The van der Waals surface area contributed by atoms with Crippen molar-refractivity contribution in [1.82, 2.24) is 0 Å². The summed E-state index contributed by atoms with van der Waals surface area (Å²) < 4.78 is 5.47. The van der Waals surface area contributed by atoms with Crippen molar-refractivity contribution in [2.75, 3.05) is 25.1 Å². The molecule has 0 saturated heterocycles. The van der Waals surface area contributed by atoms with E-state index in [2.05, 4.69) is 30.1 Å². The van der Waals surface area contributed by atoms with Crippen LogP contribution >= 0.6 is 0 Å². The number of anilines is 1. The molecule has 16 heavy (non-hydrogen) atoms. The van der Waals surface area contributed by atoms with Crippen LogP contribution in [0.4, 0.5) is 5.69 Å². The summed E-state index contributed by atoms with van der Waals surface area (Å²) in [5, 5.41) is 8.49. The van der Waals surface area contributed by atoms with E-state index in [0.29, 0.717) is 6.42 Å². The number of benzene rings is 1. The van der Waals surface area contributed by atoms with Crippen molar-refractivity contribution < 1.29 is 4.74 Å². The van der Waals surface area contributed by atoms with Crippen LogP contribution in [-0.2, 0) is 6.42 Å². The molecule has 3 nitrogen and oxygen atoms in total. The first-order valence-electron chi connectivity index (χ1n) is 5.65. The molecule has 0 fully saturated rings. The maximum Gasteiger partial charge on any atom is 0.122 e. The smallest absolute Gasteiger partial charge is 0.122 e. The summed E-state index contributed by atoms with van der Waals surface area (Å²) in [6, 6.07) is 8.48. The second-order valence-corrected chi connectivity index (χ2v) is 4.07. The lowest BCUT2D eigenvalue weighted by atomic mass is 10.1. The van der Waals surface area contributed by atoms with Gasteiger partial charge in [0, 0.05) is 32.1 Å². The van der Waals surface area contributed by atoms with Crippen LogP contribution in [0, 0.1) is 11.3 Å². The number of fused-ring (bicyclic) bond motifs is 1. The Labute approximate surface area is 96.2 Å². The van der Waals surface area contributed by atoms with E-state index in [1.165, 1.54) is 11.3 Å². The minimum Gasteiger partial charge on any atom is -0.493 e. The average Bonchev–Trinajstić information content (AvgIpc) is 2.76. The maximum atomic E-state index is 8.49. The third-order valence-corrected chi connectivity index (χ3v) is 2.90. The Morgan fingerprint density at radius 3 is 3.19 bits per heavy atom. The topological polar surface area (TPSA) is 36.3 Å². The third-order valence-electron chi connectivity index (χ3n) is 2.90. The van der Waals surface area contributed by atoms with Crippen molar-refractivity contribution in [1.29, 1.82) is 5.26 Å². The summed E-state index contributed by atoms with van der Waals surface area (Å²) in [6.45, 7) is 1.73. The van der Waals surface area contributed by atoms with Gasteiger partial charge in [0.15, 0.2) is 0 Å². The first kappa shape index (κ1) is 10.8. The zero-order valence-corrected chi connectivity index (χ0v) is 9.57. The number of unbranched alkanes of at least 4 members (excludes halogenated alkanes) is 1. The van der Waals surface area contributed by atoms with Gasteiger partial charge in [-0.1, -0.05) is 0 Å². The molecular formula is C13H16N2O. The summed E-state index contributed by atoms with van der Waals surface area (Å²) in [7, 11) is 2.06. The Morgan fingerprint density at radius 2 is 2.38 bits per heavy atom. The molecule has 3 heteroatoms. The summed E-state index contributed by atoms with van der Waals surface area (Å²) in [6.07, 6.45) is 2.55. The van der Waals surface area contributed by atoms with Gasteiger partial charge in [0.2, 0.25) is 0 Å². The number of nitriles is 1. The van der Waals surface area contributed by atoms with Crippen molar-refractivity contribution in [3.05, 3.63) is 23.8 Å². The fraction of sp³-hybridized carbons (Fsp3) is 0.462. The zero-order valence-electron chi connectivity index (χ0n) is 9.57. The van der Waals surface area contributed by atoms with Gasteiger partial charge in [-0.3, -0.25) is 0 Å². The van der Waals surface area contributed by atoms with Gasteiger partial charge in [0.05, 0.1) is 12.7 Å². The van der Waals surface area contributed by atoms with Gasteiger partial charge in [0.25, 0.3) is 0 Å². The first-order valence-corrected chi connectivity index (χ1v) is 5.65. The number of hydrogen-bond acceptors (Lipinski definition) is 3. The molecule has 0 spiro atoms. The van der Waals surface area contributed by atoms with Crippen molar-refractivity contribution in [3.63, 3.8) is 0 Å². The largest absolute Gasteiger partial charge is 0.493 e. The van der Waals surface area contributed by atoms with Crippen molar-refractivity contribution >= 4 is 5.69 Å². The quantitative estimate of drug-likeness (QED) is 0.725. The maximum absolute atomic E-state index is 8.49. The van der Waals surface area contributed by atoms with Gasteiger partial charge >= 0.3 is 0 Å². The average molecular weight is 216 g/mol. The van der Waals surface area contributed by atoms with E-state index >= 15 is 0 Å². The highest BCUT2D eigenvalue weighted by molar-refractivity contribution is 5.53. The Morgan fingerprint density at radius 1 is 1.50 bits per heavy atom. The highest BCUT2D eigenvalue weighted by Gasteiger charge is 2.13. The lowest BCUT2D eigenvalue weighted by molar-refractivity contribution is 0.357. The Balaban J connectivity index is 2.01. The number of nitrogens with zero attached hydrogens (tertiary/aromatic N) is 2. The van der Waals surface area contributed by atoms with Crippen molar-refractivity contribution in [2.24, 2.45) is 0 Å². The molecule has 0 atom stereocenters. The molecule has 0 amide bonds. The molecule has 0 bridgehead atoms. The molecule has 0 N–H and O–H groups in total. The monoisotopic (exact) mass is 216 g/mol. The van der Waals surface area contributed by atoms with E-state index in [0.717, 1.165) is 31.7 Å². The Hall–Kier alpha value is -1.69. The molecule has 0 radical (unpaired) electrons. The third kappa shape index (κ3) is 2.27. The van der Waals surface area contributed by atoms with Crippen LogP contribution in [0.2, 0.25) is 0 Å². The molecule has 0 aliphatic carbocycles. The lowest BCUT2D eigenvalue weighted by Crippen LogP contribution is -2.18. The summed E-state index contributed by atoms with van der Waals surface area (Å²) in [4.78, 5) is 2.19. The number of ether oxygens (including phenoxy) is 1. The van der Waals surface area contributed by atoms with E-state index < -0.39 is 0 Å². The van der Waals surface area contributed by atoms with Crippen LogP contribution in [0.25, 0.3) is 0 Å². The van der Waals surface area contributed by atoms with Crippen LogP contribution in [0.1, 0.15) is 18.4 Å². The zero-order chi connectivity index (χ0) is 11.4. The first-order chi connectivity index (χ1) is 7.81. The Kier molecular flexibility index (Phi) is 3.31. The van der Waals surface area contributed by atoms with E-state index in [1.54, 1.807) is 0 Å². The van der Waals surface area contributed by atoms with Crippen LogP contribution in [-0.4, -0.2) is 20.2 Å². The van der Waals surface area contributed by atoms with Gasteiger partial charge in [0.1, 0.15) is 5.75 Å². The lowest BCUT2D eigenvalue weighted by Gasteiger charge is -2.19. The van der Waals surface area contributed by atoms with Gasteiger partial charge in [-0.15, -0.1) is 0 Å². The van der Waals surface area contributed by atoms with Crippen LogP contribution < -0.4 is 9.64 Å². The predicted octanol–water partition coefficient (Wildman–Crippen LogP) is 2.36. The summed E-state index contributed by atoms with van der Waals surface area (Å²) >= 11 is 0. The number of rotatable bonds is 4. The van der Waals surface area contributed by atoms with Crippen LogP contribution in [0.3, 0.4) is 0 Å². The molecule has 0 unspecified atom stereocenters. The molecular weight excluding hydrogens is 200 g/mol. The fourth-order valence-corrected chi connectivity index (χ4v) is 1.93. The molecule has 1 aliphatic heterocycles. The Bertz CT molecular complexity index is 409. The standard InChI is InChI=1S/C13H16N2O/c1-15(8-3-2-7-14)12-4-5-13-11(10-12)6-9-16-13/h4-5,10H,2-3,6,8-9H2,1H3. The number of hydrogen-bond donors (Lipinski definition) is 0. The highest BCUT2D eigenvalue weighted by Crippen LogP contribution is 2.29. The molecule has 0 saturated carbocycles. The van der Waals surface area contributed by atoms with Gasteiger partial charge in [-0.05, 0) is 30.2 Å². The molecule has 84 valence electrons. The fourth-order valence-electron chi connectivity index (χ4n) is 1.93. The van der Waals surface area contributed by atoms with Crippen molar-refractivity contribution in [3.8, 4) is 11.8 Å². The van der Waals surface area contributed by atoms with E-state index in [4.69, 9.17) is 10.00 Å². The molecule has 1 aromatic carbocycles. The molecule has 1 aromatic rings. The summed E-state index contributed by atoms with van der Waals surface area (Å²) in [5.41, 5.74) is 2.51. The SMILES string of the molecule is CN(CCCC#N)c1ccc2c(c1)CCO2. The van der Waals surface area contributed by atoms with E-state index in [9.17, 15) is 0 Å². The van der Waals surface area contributed by atoms with Crippen molar-refractivity contribution in [2.45, 2.75) is 19.3 Å². The van der Waals surface area contributed by atoms with E-state index in [1.807, 2.05) is 6.07 Å². The van der Waals surface area contributed by atoms with Crippen LogP contribution in [0.5, 0.6) is 5.75 Å². The molecule has 2 rings (SSSR count). The minimum absolute atomic E-state index is 0.623. The predicted molar refractivity (Wildman–Crippen MR) is 63.8 cm³/mol. The van der Waals surface area contributed by atoms with Crippen LogP contribution in [0.15, 0.2) is 18.2 Å². The second kappa shape index (κ2) is 4.89. The van der Waals surface area contributed by atoms with Gasteiger partial charge in [-0.25, -0.2) is 0 Å².